The van der Waals surface area contributed by atoms with Crippen LogP contribution >= 0.6 is 0 Å². The number of hydrogen-bond donors (Lipinski definition) is 1. The van der Waals surface area contributed by atoms with E-state index in [9.17, 15) is 0 Å². The van der Waals surface area contributed by atoms with Gasteiger partial charge in [0.1, 0.15) is 28.2 Å². The van der Waals surface area contributed by atoms with Crippen molar-refractivity contribution in [2.45, 2.75) is 6.54 Å². The normalized spacial score (nSPS) is 12.4. The van der Waals surface area contributed by atoms with Crippen molar-refractivity contribution in [3.8, 4) is 22.3 Å². The largest absolute Gasteiger partial charge is 0.456 e. The lowest BCUT2D eigenvalue weighted by molar-refractivity contribution is 0.668. The van der Waals surface area contributed by atoms with E-state index in [1.807, 2.05) is 84.9 Å². The lowest BCUT2D eigenvalue weighted by Gasteiger charge is -2.08. The molecule has 0 aliphatic carbocycles. The first-order valence-corrected chi connectivity index (χ1v) is 16.6. The van der Waals surface area contributed by atoms with Gasteiger partial charge in [0.05, 0.1) is 6.54 Å². The summed E-state index contributed by atoms with van der Waals surface area (Å²) in [6.07, 6.45) is 0. The molecule has 9 rings (SSSR count). The number of fused-ring (bicyclic) bond motifs is 6. The fourth-order valence-electron chi connectivity index (χ4n) is 6.70. The second-order valence-electron chi connectivity index (χ2n) is 12.4. The number of rotatable bonds is 6. The molecule has 0 fully saturated rings. The Balaban J connectivity index is 1.12. The van der Waals surface area contributed by atoms with Crippen LogP contribution in [-0.4, -0.2) is 11.7 Å². The van der Waals surface area contributed by atoms with Gasteiger partial charge in [-0.1, -0.05) is 127 Å². The van der Waals surface area contributed by atoms with E-state index in [0.29, 0.717) is 18.2 Å². The van der Waals surface area contributed by atoms with Crippen LogP contribution in [-0.2, 0) is 6.54 Å². The number of hydrogen-bond acceptors (Lipinski definition) is 3. The molecule has 0 spiro atoms. The average Bonchev–Trinajstić information content (AvgIpc) is 3.75. The molecule has 7 aromatic carbocycles. The van der Waals surface area contributed by atoms with E-state index < -0.39 is 0 Å². The molecule has 2 aromatic heterocycles. The predicted molar refractivity (Wildman–Crippen MR) is 206 cm³/mol. The van der Waals surface area contributed by atoms with Crippen molar-refractivity contribution in [1.29, 1.82) is 0 Å². The van der Waals surface area contributed by atoms with Crippen molar-refractivity contribution in [2.75, 3.05) is 0 Å². The Morgan fingerprint density at radius 1 is 0.460 bits per heavy atom. The fraction of sp³-hybridized carbons (Fsp3) is 0.0222. The van der Waals surface area contributed by atoms with Gasteiger partial charge in [0.25, 0.3) is 0 Å². The van der Waals surface area contributed by atoms with Gasteiger partial charge in [-0.15, -0.1) is 0 Å². The summed E-state index contributed by atoms with van der Waals surface area (Å²) >= 11 is 0. The molecule has 0 amide bonds. The maximum Gasteiger partial charge on any atom is 0.157 e. The molecule has 2 heterocycles. The highest BCUT2D eigenvalue weighted by atomic mass is 16.3. The van der Waals surface area contributed by atoms with Crippen LogP contribution in [0.4, 0.5) is 0 Å². The Hall–Kier alpha value is -6.72. The summed E-state index contributed by atoms with van der Waals surface area (Å²) in [7, 11) is 0. The summed E-state index contributed by atoms with van der Waals surface area (Å²) in [5.41, 5.74) is 17.2. The first kappa shape index (κ1) is 29.4. The van der Waals surface area contributed by atoms with Gasteiger partial charge in [-0.05, 0) is 64.2 Å². The van der Waals surface area contributed by atoms with E-state index in [2.05, 4.69) is 78.9 Å². The summed E-state index contributed by atoms with van der Waals surface area (Å²) in [6, 6.07) is 55.5. The van der Waals surface area contributed by atoms with Crippen molar-refractivity contribution < 1.29 is 8.83 Å². The Labute approximate surface area is 288 Å². The van der Waals surface area contributed by atoms with Gasteiger partial charge in [0, 0.05) is 32.7 Å². The van der Waals surface area contributed by atoms with Gasteiger partial charge >= 0.3 is 0 Å². The third-order valence-corrected chi connectivity index (χ3v) is 9.24. The van der Waals surface area contributed by atoms with Crippen LogP contribution in [0.15, 0.2) is 183 Å². The molecule has 9 aromatic rings. The molecule has 0 aliphatic heterocycles. The monoisotopic (exact) mass is 645 g/mol. The van der Waals surface area contributed by atoms with E-state index in [1.165, 1.54) is 0 Å². The molecular weight excluding hydrogens is 615 g/mol. The quantitative estimate of drug-likeness (QED) is 0.144. The van der Waals surface area contributed by atoms with Gasteiger partial charge in [-0.25, -0.2) is 4.99 Å². The van der Waals surface area contributed by atoms with Crippen molar-refractivity contribution in [2.24, 2.45) is 15.7 Å². The molecule has 5 heteroatoms. The molecule has 0 unspecified atom stereocenters. The van der Waals surface area contributed by atoms with Gasteiger partial charge in [0.15, 0.2) is 5.84 Å². The Morgan fingerprint density at radius 3 is 1.84 bits per heavy atom. The third kappa shape index (κ3) is 5.41. The standard InChI is InChI=1S/C45H31N3O2/c46-44(34-23-24-37-36-15-7-8-16-39(36)49-41(37)27-34)48-45(32-20-18-31(19-21-32)29-10-3-1-4-11-29)47-28-35-14-9-17-40-43(35)38-25-22-33(26-42(38)50-40)30-12-5-2-6-13-30/h1-27H,28H2,(H2,46,47,48). The van der Waals surface area contributed by atoms with Crippen LogP contribution in [0.1, 0.15) is 16.7 Å². The smallest absolute Gasteiger partial charge is 0.157 e. The number of amidine groups is 2. The number of aliphatic imine (C=N–C) groups is 2. The number of nitrogens with two attached hydrogens (primary N) is 1. The third-order valence-electron chi connectivity index (χ3n) is 9.24. The van der Waals surface area contributed by atoms with Crippen LogP contribution < -0.4 is 5.73 Å². The molecule has 0 aliphatic rings. The lowest BCUT2D eigenvalue weighted by Crippen LogP contribution is -2.16. The minimum absolute atomic E-state index is 0.360. The minimum atomic E-state index is 0.360. The number of para-hydroxylation sites is 1. The van der Waals surface area contributed by atoms with E-state index in [-0.39, 0.29) is 0 Å². The van der Waals surface area contributed by atoms with E-state index in [0.717, 1.165) is 82.8 Å². The highest BCUT2D eigenvalue weighted by molar-refractivity contribution is 6.13. The summed E-state index contributed by atoms with van der Waals surface area (Å²) in [5.74, 6) is 0.904. The maximum absolute atomic E-state index is 6.73. The fourth-order valence-corrected chi connectivity index (χ4v) is 6.70. The van der Waals surface area contributed by atoms with Crippen LogP contribution in [0.3, 0.4) is 0 Å². The number of furan rings is 2. The summed E-state index contributed by atoms with van der Waals surface area (Å²) in [5, 5.41) is 4.22. The minimum Gasteiger partial charge on any atom is -0.456 e. The van der Waals surface area contributed by atoms with Gasteiger partial charge in [0.2, 0.25) is 0 Å². The summed E-state index contributed by atoms with van der Waals surface area (Å²) in [6.45, 7) is 0.390. The number of nitrogens with zero attached hydrogens (tertiary/aromatic N) is 2. The van der Waals surface area contributed by atoms with Gasteiger partial charge < -0.3 is 14.6 Å². The molecule has 0 saturated carbocycles. The lowest BCUT2D eigenvalue weighted by atomic mass is 10.0. The van der Waals surface area contributed by atoms with E-state index >= 15 is 0 Å². The van der Waals surface area contributed by atoms with Crippen molar-refractivity contribution in [3.05, 3.63) is 180 Å². The van der Waals surface area contributed by atoms with Crippen molar-refractivity contribution >= 4 is 55.5 Å². The Morgan fingerprint density at radius 2 is 1.04 bits per heavy atom. The molecule has 0 radical (unpaired) electrons. The zero-order valence-electron chi connectivity index (χ0n) is 27.1. The van der Waals surface area contributed by atoms with Gasteiger partial charge in [-0.2, -0.15) is 0 Å². The molecule has 0 bridgehead atoms. The number of benzene rings is 7. The zero-order valence-corrected chi connectivity index (χ0v) is 27.1. The molecular formula is C45H31N3O2. The van der Waals surface area contributed by atoms with Crippen molar-refractivity contribution in [1.82, 2.24) is 0 Å². The second-order valence-corrected chi connectivity index (χ2v) is 12.4. The molecule has 50 heavy (non-hydrogen) atoms. The van der Waals surface area contributed by atoms with Crippen molar-refractivity contribution in [3.63, 3.8) is 0 Å². The Kier molecular flexibility index (Phi) is 7.29. The highest BCUT2D eigenvalue weighted by Gasteiger charge is 2.14. The summed E-state index contributed by atoms with van der Waals surface area (Å²) in [4.78, 5) is 10.1. The van der Waals surface area contributed by atoms with Crippen LogP contribution in [0, 0.1) is 0 Å². The summed E-state index contributed by atoms with van der Waals surface area (Å²) < 4.78 is 12.5. The predicted octanol–water partition coefficient (Wildman–Crippen LogP) is 11.2. The van der Waals surface area contributed by atoms with Crippen LogP contribution in [0.25, 0.3) is 66.1 Å². The SMILES string of the molecule is NC(=NC(=NCc1cccc2oc3cc(-c4ccccc4)ccc3c12)c1ccc(-c2ccccc2)cc1)c1ccc2c(c1)oc1ccccc12. The molecule has 238 valence electrons. The zero-order chi connectivity index (χ0) is 33.4. The van der Waals surface area contributed by atoms with E-state index in [1.54, 1.807) is 0 Å². The van der Waals surface area contributed by atoms with Gasteiger partial charge in [-0.3, -0.25) is 4.99 Å². The van der Waals surface area contributed by atoms with Crippen LogP contribution in [0.2, 0.25) is 0 Å². The first-order valence-electron chi connectivity index (χ1n) is 16.6. The highest BCUT2D eigenvalue weighted by Crippen LogP contribution is 2.35. The Bertz CT molecular complexity index is 2720. The second kappa shape index (κ2) is 12.4. The molecule has 5 nitrogen and oxygen atoms in total. The molecule has 0 atom stereocenters. The molecule has 0 saturated heterocycles. The topological polar surface area (TPSA) is 77.0 Å². The maximum atomic E-state index is 6.73. The first-order chi connectivity index (χ1) is 24.7. The van der Waals surface area contributed by atoms with E-state index in [4.69, 9.17) is 24.6 Å². The average molecular weight is 646 g/mol. The molecule has 2 N–H and O–H groups in total. The van der Waals surface area contributed by atoms with Crippen LogP contribution in [0.5, 0.6) is 0 Å².